The first-order chi connectivity index (χ1) is 9.88. The average Bonchev–Trinajstić information content (AvgIpc) is 2.40. The van der Waals surface area contributed by atoms with Crippen molar-refractivity contribution in [2.45, 2.75) is 24.8 Å². The van der Waals surface area contributed by atoms with Crippen LogP contribution in [0.2, 0.25) is 0 Å². The van der Waals surface area contributed by atoms with E-state index in [-0.39, 0.29) is 22.6 Å². The first kappa shape index (κ1) is 15.7. The fourth-order valence-electron chi connectivity index (χ4n) is 1.53. The number of nitrogens with one attached hydrogen (secondary N) is 1. The molecule has 2 heterocycles. The minimum Gasteiger partial charge on any atom is -0.473 e. The van der Waals surface area contributed by atoms with Gasteiger partial charge in [0.15, 0.2) is 0 Å². The maximum atomic E-state index is 12.3. The molecule has 0 spiro atoms. The van der Waals surface area contributed by atoms with E-state index < -0.39 is 10.0 Å². The summed E-state index contributed by atoms with van der Waals surface area (Å²) in [6, 6.07) is 4.69. The van der Waals surface area contributed by atoms with E-state index in [4.69, 9.17) is 4.74 Å². The van der Waals surface area contributed by atoms with E-state index >= 15 is 0 Å². The lowest BCUT2D eigenvalue weighted by Gasteiger charge is -2.14. The normalized spacial score (nSPS) is 11.4. The van der Waals surface area contributed by atoms with Gasteiger partial charge in [-0.25, -0.2) is 13.4 Å². The van der Waals surface area contributed by atoms with Crippen molar-refractivity contribution >= 4 is 31.6 Å². The Hall–Kier alpha value is -1.67. The summed E-state index contributed by atoms with van der Waals surface area (Å²) in [5.41, 5.74) is 0.283. The van der Waals surface area contributed by atoms with Crippen LogP contribution in [0.3, 0.4) is 0 Å². The highest BCUT2D eigenvalue weighted by Gasteiger charge is 2.18. The van der Waals surface area contributed by atoms with Crippen LogP contribution < -0.4 is 9.46 Å². The fraction of sp³-hybridized carbons (Fsp3) is 0.231. The molecule has 0 atom stereocenters. The summed E-state index contributed by atoms with van der Waals surface area (Å²) in [7, 11) is -3.76. The predicted molar refractivity (Wildman–Crippen MR) is 82.7 cm³/mol. The Morgan fingerprint density at radius 3 is 2.76 bits per heavy atom. The number of rotatable bonds is 5. The first-order valence-corrected chi connectivity index (χ1v) is 8.41. The fourth-order valence-corrected chi connectivity index (χ4v) is 3.09. The van der Waals surface area contributed by atoms with Gasteiger partial charge in [0.1, 0.15) is 10.6 Å². The van der Waals surface area contributed by atoms with E-state index in [2.05, 4.69) is 30.6 Å². The first-order valence-electron chi connectivity index (χ1n) is 6.13. The zero-order chi connectivity index (χ0) is 15.5. The van der Waals surface area contributed by atoms with Gasteiger partial charge in [-0.05, 0) is 48.0 Å². The van der Waals surface area contributed by atoms with Crippen molar-refractivity contribution in [2.75, 3.05) is 4.72 Å². The largest absolute Gasteiger partial charge is 0.473 e. The second kappa shape index (κ2) is 6.40. The summed E-state index contributed by atoms with van der Waals surface area (Å²) >= 11 is 3.20. The SMILES string of the molecule is CC(C)Oc1ncccc1NS(=O)(=O)c1cncc(Br)c1. The molecule has 0 aliphatic carbocycles. The molecule has 0 fully saturated rings. The molecule has 0 aliphatic heterocycles. The number of halogens is 1. The van der Waals surface area contributed by atoms with Crippen LogP contribution in [0.25, 0.3) is 0 Å². The number of anilines is 1. The third-order valence-corrected chi connectivity index (χ3v) is 4.12. The topological polar surface area (TPSA) is 81.2 Å². The van der Waals surface area contributed by atoms with Crippen molar-refractivity contribution in [3.8, 4) is 5.88 Å². The Morgan fingerprint density at radius 2 is 2.10 bits per heavy atom. The van der Waals surface area contributed by atoms with Crippen LogP contribution in [0, 0.1) is 0 Å². The molecule has 0 aliphatic rings. The van der Waals surface area contributed by atoms with Crippen LogP contribution >= 0.6 is 15.9 Å². The molecule has 0 saturated carbocycles. The third-order valence-electron chi connectivity index (χ3n) is 2.35. The molecule has 6 nitrogen and oxygen atoms in total. The third kappa shape index (κ3) is 4.15. The van der Waals surface area contributed by atoms with Crippen LogP contribution in [0.1, 0.15) is 13.8 Å². The van der Waals surface area contributed by atoms with E-state index in [1.54, 1.807) is 12.1 Å². The van der Waals surface area contributed by atoms with Gasteiger partial charge in [0.25, 0.3) is 10.0 Å². The lowest BCUT2D eigenvalue weighted by Crippen LogP contribution is -2.16. The van der Waals surface area contributed by atoms with Crippen molar-refractivity contribution in [1.82, 2.24) is 9.97 Å². The molecule has 0 unspecified atom stereocenters. The summed E-state index contributed by atoms with van der Waals surface area (Å²) in [5, 5.41) is 0. The molecule has 2 rings (SSSR count). The Morgan fingerprint density at radius 1 is 1.33 bits per heavy atom. The van der Waals surface area contributed by atoms with E-state index in [9.17, 15) is 8.42 Å². The Balaban J connectivity index is 2.33. The van der Waals surface area contributed by atoms with E-state index in [0.29, 0.717) is 4.47 Å². The van der Waals surface area contributed by atoms with Gasteiger partial charge in [-0.1, -0.05) is 0 Å². The molecular weight excluding hydrogens is 358 g/mol. The highest BCUT2D eigenvalue weighted by atomic mass is 79.9. The second-order valence-corrected chi connectivity index (χ2v) is 7.07. The molecule has 0 saturated heterocycles. The molecule has 112 valence electrons. The highest BCUT2D eigenvalue weighted by molar-refractivity contribution is 9.10. The summed E-state index contributed by atoms with van der Waals surface area (Å²) in [5.74, 6) is 0.235. The molecule has 0 radical (unpaired) electrons. The quantitative estimate of drug-likeness (QED) is 0.873. The van der Waals surface area contributed by atoms with Crippen LogP contribution in [0.15, 0.2) is 46.2 Å². The maximum absolute atomic E-state index is 12.3. The lowest BCUT2D eigenvalue weighted by atomic mass is 10.4. The van der Waals surface area contributed by atoms with Gasteiger partial charge in [0.05, 0.1) is 6.10 Å². The summed E-state index contributed by atoms with van der Waals surface area (Å²) in [4.78, 5) is 7.94. The van der Waals surface area contributed by atoms with Crippen LogP contribution in [0.4, 0.5) is 5.69 Å². The van der Waals surface area contributed by atoms with Crippen molar-refractivity contribution in [3.63, 3.8) is 0 Å². The van der Waals surface area contributed by atoms with Crippen molar-refractivity contribution in [2.24, 2.45) is 0 Å². The predicted octanol–water partition coefficient (Wildman–Crippen LogP) is 2.83. The zero-order valence-corrected chi connectivity index (χ0v) is 13.8. The smallest absolute Gasteiger partial charge is 0.263 e. The minimum atomic E-state index is -3.76. The van der Waals surface area contributed by atoms with Gasteiger partial charge in [-0.2, -0.15) is 0 Å². The van der Waals surface area contributed by atoms with Gasteiger partial charge in [0.2, 0.25) is 5.88 Å². The molecule has 8 heteroatoms. The van der Waals surface area contributed by atoms with Gasteiger partial charge in [-0.15, -0.1) is 0 Å². The Bertz CT molecular complexity index is 735. The van der Waals surface area contributed by atoms with E-state index in [1.165, 1.54) is 24.7 Å². The van der Waals surface area contributed by atoms with Gasteiger partial charge >= 0.3 is 0 Å². The molecule has 0 bridgehead atoms. The van der Waals surface area contributed by atoms with Crippen LogP contribution in [-0.2, 0) is 10.0 Å². The maximum Gasteiger partial charge on any atom is 0.263 e. The number of pyridine rings is 2. The van der Waals surface area contributed by atoms with Crippen molar-refractivity contribution in [3.05, 3.63) is 41.3 Å². The van der Waals surface area contributed by atoms with Gasteiger partial charge < -0.3 is 4.74 Å². The molecule has 0 amide bonds. The Labute approximate surface area is 131 Å². The highest BCUT2D eigenvalue weighted by Crippen LogP contribution is 2.25. The van der Waals surface area contributed by atoms with Gasteiger partial charge in [0, 0.05) is 23.1 Å². The number of nitrogens with zero attached hydrogens (tertiary/aromatic N) is 2. The van der Waals surface area contributed by atoms with E-state index in [1.807, 2.05) is 13.8 Å². The summed E-state index contributed by atoms with van der Waals surface area (Å²) in [6.45, 7) is 3.68. The average molecular weight is 372 g/mol. The molecule has 21 heavy (non-hydrogen) atoms. The number of hydrogen-bond acceptors (Lipinski definition) is 5. The van der Waals surface area contributed by atoms with E-state index in [0.717, 1.165) is 0 Å². The van der Waals surface area contributed by atoms with Crippen molar-refractivity contribution < 1.29 is 13.2 Å². The number of aromatic nitrogens is 2. The monoisotopic (exact) mass is 371 g/mol. The minimum absolute atomic E-state index is 0.0521. The molecule has 1 N–H and O–H groups in total. The van der Waals surface area contributed by atoms with Crippen molar-refractivity contribution in [1.29, 1.82) is 0 Å². The lowest BCUT2D eigenvalue weighted by molar-refractivity contribution is 0.234. The van der Waals surface area contributed by atoms with Crippen LogP contribution in [0.5, 0.6) is 5.88 Å². The summed E-state index contributed by atoms with van der Waals surface area (Å²) in [6.07, 6.45) is 4.20. The second-order valence-electron chi connectivity index (χ2n) is 4.47. The Kier molecular flexibility index (Phi) is 4.79. The number of ether oxygens (including phenoxy) is 1. The van der Waals surface area contributed by atoms with Gasteiger partial charge in [-0.3, -0.25) is 9.71 Å². The zero-order valence-electron chi connectivity index (χ0n) is 11.4. The molecule has 0 aromatic carbocycles. The standard InChI is InChI=1S/C13H14BrN3O3S/c1-9(2)20-13-12(4-3-5-16-13)17-21(18,19)11-6-10(14)7-15-8-11/h3-9,17H,1-2H3. The molecule has 2 aromatic heterocycles. The molecular formula is C13H14BrN3O3S. The summed E-state index contributed by atoms with van der Waals surface area (Å²) < 4.78 is 33.2. The van der Waals surface area contributed by atoms with Crippen LogP contribution in [-0.4, -0.2) is 24.5 Å². The number of sulfonamides is 1. The number of hydrogen-bond donors (Lipinski definition) is 1. The molecule has 2 aromatic rings.